The van der Waals surface area contributed by atoms with Crippen LogP contribution in [0.3, 0.4) is 0 Å². The highest BCUT2D eigenvalue weighted by atomic mass is 32.1. The summed E-state index contributed by atoms with van der Waals surface area (Å²) in [5.74, 6) is 0.501. The molecule has 4 nitrogen and oxygen atoms in total. The summed E-state index contributed by atoms with van der Waals surface area (Å²) in [7, 11) is 0. The maximum atomic E-state index is 12.1. The number of thiophene rings is 1. The normalized spacial score (nSPS) is 10.7. The molecule has 19 heavy (non-hydrogen) atoms. The van der Waals surface area contributed by atoms with Gasteiger partial charge in [-0.2, -0.15) is 11.3 Å². The van der Waals surface area contributed by atoms with Crippen LogP contribution in [0, 0.1) is 0 Å². The van der Waals surface area contributed by atoms with Crippen molar-refractivity contribution in [1.82, 2.24) is 10.3 Å². The highest BCUT2D eigenvalue weighted by Crippen LogP contribution is 2.16. The quantitative estimate of drug-likeness (QED) is 0.901. The zero-order valence-corrected chi connectivity index (χ0v) is 11.8. The van der Waals surface area contributed by atoms with E-state index in [1.807, 2.05) is 30.7 Å². The van der Waals surface area contributed by atoms with Gasteiger partial charge in [-0.1, -0.05) is 13.8 Å². The van der Waals surface area contributed by atoms with Crippen molar-refractivity contribution in [3.05, 3.63) is 45.8 Å². The molecule has 2 aromatic heterocycles. The standard InChI is InChI=1S/C14H17N3OS/c1-9(2)12-5-11(6-13(15)17-12)14(18)16-7-10-3-4-19-8-10/h3-6,8-9H,7H2,1-2H3,(H2,15,17)(H,16,18). The number of carbonyl (C=O) groups excluding carboxylic acids is 1. The fourth-order valence-electron chi connectivity index (χ4n) is 1.68. The molecule has 0 saturated heterocycles. The molecule has 2 heterocycles. The van der Waals surface area contributed by atoms with E-state index in [0.29, 0.717) is 17.9 Å². The second-order valence-corrected chi connectivity index (χ2v) is 5.45. The Morgan fingerprint density at radius 2 is 2.26 bits per heavy atom. The second-order valence-electron chi connectivity index (χ2n) is 4.67. The van der Waals surface area contributed by atoms with Crippen molar-refractivity contribution in [2.45, 2.75) is 26.3 Å². The predicted molar refractivity (Wildman–Crippen MR) is 78.2 cm³/mol. The number of amides is 1. The van der Waals surface area contributed by atoms with Gasteiger partial charge in [0.25, 0.3) is 5.91 Å². The average molecular weight is 275 g/mol. The van der Waals surface area contributed by atoms with Gasteiger partial charge in [0.05, 0.1) is 0 Å². The molecule has 0 bridgehead atoms. The van der Waals surface area contributed by atoms with E-state index >= 15 is 0 Å². The third kappa shape index (κ3) is 3.54. The molecule has 0 aliphatic rings. The lowest BCUT2D eigenvalue weighted by molar-refractivity contribution is 0.0951. The Kier molecular flexibility index (Phi) is 4.16. The number of anilines is 1. The monoisotopic (exact) mass is 275 g/mol. The summed E-state index contributed by atoms with van der Waals surface area (Å²) in [5, 5.41) is 6.88. The Hall–Kier alpha value is -1.88. The van der Waals surface area contributed by atoms with Gasteiger partial charge in [0, 0.05) is 17.8 Å². The van der Waals surface area contributed by atoms with Crippen LogP contribution in [0.15, 0.2) is 29.0 Å². The van der Waals surface area contributed by atoms with Gasteiger partial charge in [-0.25, -0.2) is 4.98 Å². The van der Waals surface area contributed by atoms with E-state index in [-0.39, 0.29) is 11.8 Å². The summed E-state index contributed by atoms with van der Waals surface area (Å²) in [4.78, 5) is 16.3. The van der Waals surface area contributed by atoms with Crippen LogP contribution < -0.4 is 11.1 Å². The summed E-state index contributed by atoms with van der Waals surface area (Å²) < 4.78 is 0. The number of hydrogen-bond donors (Lipinski definition) is 2. The molecule has 0 saturated carbocycles. The minimum absolute atomic E-state index is 0.123. The second kappa shape index (κ2) is 5.84. The number of nitrogen functional groups attached to an aromatic ring is 1. The first-order chi connectivity index (χ1) is 9.06. The van der Waals surface area contributed by atoms with Crippen molar-refractivity contribution in [1.29, 1.82) is 0 Å². The summed E-state index contributed by atoms with van der Waals surface area (Å²) in [6.07, 6.45) is 0. The van der Waals surface area contributed by atoms with E-state index in [4.69, 9.17) is 5.73 Å². The fraction of sp³-hybridized carbons (Fsp3) is 0.286. The number of rotatable bonds is 4. The van der Waals surface area contributed by atoms with E-state index in [1.165, 1.54) is 0 Å². The Morgan fingerprint density at radius 3 is 2.89 bits per heavy atom. The SMILES string of the molecule is CC(C)c1cc(C(=O)NCc2ccsc2)cc(N)n1. The van der Waals surface area contributed by atoms with E-state index in [1.54, 1.807) is 23.5 Å². The van der Waals surface area contributed by atoms with Crippen LogP contribution in [-0.2, 0) is 6.54 Å². The number of nitrogens with zero attached hydrogens (tertiary/aromatic N) is 1. The van der Waals surface area contributed by atoms with E-state index in [9.17, 15) is 4.79 Å². The van der Waals surface area contributed by atoms with Gasteiger partial charge in [-0.15, -0.1) is 0 Å². The van der Waals surface area contributed by atoms with Crippen LogP contribution >= 0.6 is 11.3 Å². The van der Waals surface area contributed by atoms with Gasteiger partial charge in [0.1, 0.15) is 5.82 Å². The third-order valence-electron chi connectivity index (χ3n) is 2.75. The summed E-state index contributed by atoms with van der Waals surface area (Å²) in [6.45, 7) is 4.57. The number of pyridine rings is 1. The van der Waals surface area contributed by atoms with Gasteiger partial charge in [-0.05, 0) is 40.4 Å². The summed E-state index contributed by atoms with van der Waals surface area (Å²) >= 11 is 1.61. The van der Waals surface area contributed by atoms with Crippen molar-refractivity contribution in [3.63, 3.8) is 0 Å². The molecule has 0 unspecified atom stereocenters. The van der Waals surface area contributed by atoms with Gasteiger partial charge >= 0.3 is 0 Å². The molecule has 0 atom stereocenters. The summed E-state index contributed by atoms with van der Waals surface area (Å²) in [5.41, 5.74) is 8.23. The van der Waals surface area contributed by atoms with Crippen molar-refractivity contribution >= 4 is 23.1 Å². The molecule has 0 aliphatic heterocycles. The first kappa shape index (κ1) is 13.5. The highest BCUT2D eigenvalue weighted by Gasteiger charge is 2.10. The minimum atomic E-state index is -0.123. The van der Waals surface area contributed by atoms with Crippen LogP contribution in [0.2, 0.25) is 0 Å². The highest BCUT2D eigenvalue weighted by molar-refractivity contribution is 7.07. The molecule has 0 radical (unpaired) electrons. The smallest absolute Gasteiger partial charge is 0.251 e. The first-order valence-electron chi connectivity index (χ1n) is 6.13. The Labute approximate surface area is 116 Å². The predicted octanol–water partition coefficient (Wildman–Crippen LogP) is 2.78. The molecule has 0 fully saturated rings. The van der Waals surface area contributed by atoms with Gasteiger partial charge in [-0.3, -0.25) is 4.79 Å². The van der Waals surface area contributed by atoms with Crippen LogP contribution in [-0.4, -0.2) is 10.9 Å². The lowest BCUT2D eigenvalue weighted by Gasteiger charge is -2.09. The van der Waals surface area contributed by atoms with Crippen LogP contribution in [0.4, 0.5) is 5.82 Å². The first-order valence-corrected chi connectivity index (χ1v) is 7.07. The molecular formula is C14H17N3OS. The van der Waals surface area contributed by atoms with Gasteiger partial charge in [0.15, 0.2) is 0 Å². The number of nitrogens with one attached hydrogen (secondary N) is 1. The molecule has 1 amide bonds. The zero-order chi connectivity index (χ0) is 13.8. The molecule has 0 spiro atoms. The largest absolute Gasteiger partial charge is 0.384 e. The fourth-order valence-corrected chi connectivity index (χ4v) is 2.35. The van der Waals surface area contributed by atoms with E-state index < -0.39 is 0 Å². The number of carbonyl (C=O) groups is 1. The molecule has 3 N–H and O–H groups in total. The van der Waals surface area contributed by atoms with Crippen molar-refractivity contribution in [2.75, 3.05) is 5.73 Å². The maximum Gasteiger partial charge on any atom is 0.251 e. The number of hydrogen-bond acceptors (Lipinski definition) is 4. The third-order valence-corrected chi connectivity index (χ3v) is 3.48. The lowest BCUT2D eigenvalue weighted by Crippen LogP contribution is -2.23. The zero-order valence-electron chi connectivity index (χ0n) is 11.0. The van der Waals surface area contributed by atoms with E-state index in [2.05, 4.69) is 10.3 Å². The summed E-state index contributed by atoms with van der Waals surface area (Å²) in [6, 6.07) is 5.39. The minimum Gasteiger partial charge on any atom is -0.384 e. The molecule has 5 heteroatoms. The Bertz CT molecular complexity index is 564. The molecule has 2 aromatic rings. The maximum absolute atomic E-state index is 12.1. The molecule has 0 aliphatic carbocycles. The van der Waals surface area contributed by atoms with Gasteiger partial charge < -0.3 is 11.1 Å². The average Bonchev–Trinajstić information content (AvgIpc) is 2.88. The van der Waals surface area contributed by atoms with Crippen molar-refractivity contribution in [2.24, 2.45) is 0 Å². The Balaban J connectivity index is 2.10. The molecule has 100 valence electrons. The molecular weight excluding hydrogens is 258 g/mol. The number of nitrogens with two attached hydrogens (primary N) is 1. The topological polar surface area (TPSA) is 68.0 Å². The number of aromatic nitrogens is 1. The van der Waals surface area contributed by atoms with Gasteiger partial charge in [0.2, 0.25) is 0 Å². The molecule has 0 aromatic carbocycles. The molecule has 2 rings (SSSR count). The van der Waals surface area contributed by atoms with Crippen LogP contribution in [0.5, 0.6) is 0 Å². The van der Waals surface area contributed by atoms with Crippen molar-refractivity contribution in [3.8, 4) is 0 Å². The van der Waals surface area contributed by atoms with Crippen molar-refractivity contribution < 1.29 is 4.79 Å². The lowest BCUT2D eigenvalue weighted by atomic mass is 10.1. The Morgan fingerprint density at radius 1 is 1.47 bits per heavy atom. The van der Waals surface area contributed by atoms with E-state index in [0.717, 1.165) is 11.3 Å². The van der Waals surface area contributed by atoms with Crippen LogP contribution in [0.1, 0.15) is 41.4 Å². The van der Waals surface area contributed by atoms with Crippen LogP contribution in [0.25, 0.3) is 0 Å².